The maximum absolute atomic E-state index is 10.7. The first-order valence-corrected chi connectivity index (χ1v) is 5.41. The Morgan fingerprint density at radius 3 is 2.73 bits per heavy atom. The molecule has 0 atom stereocenters. The fourth-order valence-electron chi connectivity index (χ4n) is 1.97. The van der Waals surface area contributed by atoms with Crippen LogP contribution in [-0.2, 0) is 17.8 Å². The molecule has 0 saturated heterocycles. The summed E-state index contributed by atoms with van der Waals surface area (Å²) in [6.45, 7) is 4.91. The predicted molar refractivity (Wildman–Crippen MR) is 56.0 cm³/mol. The third-order valence-corrected chi connectivity index (χ3v) is 2.93. The van der Waals surface area contributed by atoms with Crippen molar-refractivity contribution in [2.75, 3.05) is 0 Å². The van der Waals surface area contributed by atoms with E-state index in [0.717, 1.165) is 23.8 Å². The van der Waals surface area contributed by atoms with E-state index in [2.05, 4.69) is 16.5 Å². The Bertz CT molecular complexity index is 392. The largest absolute Gasteiger partial charge is 0.481 e. The first-order valence-electron chi connectivity index (χ1n) is 5.41. The van der Waals surface area contributed by atoms with Crippen molar-refractivity contribution in [3.05, 3.63) is 17.2 Å². The molecule has 0 aromatic carbocycles. The van der Waals surface area contributed by atoms with Gasteiger partial charge in [0, 0.05) is 18.2 Å². The van der Waals surface area contributed by atoms with Gasteiger partial charge in [0.2, 0.25) is 0 Å². The highest BCUT2D eigenvalue weighted by Gasteiger charge is 2.30. The first kappa shape index (κ1) is 10.2. The van der Waals surface area contributed by atoms with Gasteiger partial charge in [-0.1, -0.05) is 0 Å². The van der Waals surface area contributed by atoms with Gasteiger partial charge in [0.15, 0.2) is 0 Å². The highest BCUT2D eigenvalue weighted by molar-refractivity contribution is 5.69. The van der Waals surface area contributed by atoms with E-state index in [0.29, 0.717) is 5.92 Å². The maximum atomic E-state index is 10.7. The van der Waals surface area contributed by atoms with Crippen LogP contribution in [0.5, 0.6) is 0 Å². The molecular weight excluding hydrogens is 192 g/mol. The van der Waals surface area contributed by atoms with Gasteiger partial charge in [0.05, 0.1) is 12.1 Å². The fraction of sp³-hybridized carbons (Fsp3) is 0.636. The van der Waals surface area contributed by atoms with Gasteiger partial charge < -0.3 is 9.67 Å². The number of carboxylic acids is 1. The molecule has 1 saturated carbocycles. The van der Waals surface area contributed by atoms with Crippen molar-refractivity contribution in [3.63, 3.8) is 0 Å². The molecule has 0 unspecified atom stereocenters. The molecule has 4 nitrogen and oxygen atoms in total. The average molecular weight is 208 g/mol. The lowest BCUT2D eigenvalue weighted by Gasteiger charge is -2.05. The second kappa shape index (κ2) is 3.68. The number of carboxylic acid groups (broad SMARTS) is 1. The number of rotatable bonds is 4. The van der Waals surface area contributed by atoms with Crippen LogP contribution in [0.25, 0.3) is 0 Å². The van der Waals surface area contributed by atoms with E-state index in [1.165, 1.54) is 12.8 Å². The van der Waals surface area contributed by atoms with Gasteiger partial charge >= 0.3 is 5.97 Å². The summed E-state index contributed by atoms with van der Waals surface area (Å²) in [4.78, 5) is 15.1. The monoisotopic (exact) mass is 208 g/mol. The molecule has 15 heavy (non-hydrogen) atoms. The van der Waals surface area contributed by atoms with Crippen LogP contribution in [0.2, 0.25) is 0 Å². The zero-order valence-corrected chi connectivity index (χ0v) is 9.16. The summed E-state index contributed by atoms with van der Waals surface area (Å²) in [5.41, 5.74) is 1.74. The molecule has 1 aromatic rings. The third-order valence-electron chi connectivity index (χ3n) is 2.93. The lowest BCUT2D eigenvalue weighted by molar-refractivity contribution is -0.136. The van der Waals surface area contributed by atoms with Crippen LogP contribution in [0.1, 0.15) is 42.9 Å². The Hall–Kier alpha value is -1.32. The van der Waals surface area contributed by atoms with Crippen molar-refractivity contribution < 1.29 is 9.90 Å². The third kappa shape index (κ3) is 1.89. The fourth-order valence-corrected chi connectivity index (χ4v) is 1.97. The van der Waals surface area contributed by atoms with E-state index in [4.69, 9.17) is 5.11 Å². The summed E-state index contributed by atoms with van der Waals surface area (Å²) in [5, 5.41) is 8.77. The Kier molecular flexibility index (Phi) is 2.50. The van der Waals surface area contributed by atoms with Gasteiger partial charge in [0.1, 0.15) is 5.82 Å². The lowest BCUT2D eigenvalue weighted by Crippen LogP contribution is -2.04. The van der Waals surface area contributed by atoms with Crippen molar-refractivity contribution in [2.24, 2.45) is 0 Å². The molecule has 1 fully saturated rings. The van der Waals surface area contributed by atoms with E-state index in [1.54, 1.807) is 0 Å². The van der Waals surface area contributed by atoms with Crippen molar-refractivity contribution in [1.82, 2.24) is 9.55 Å². The smallest absolute Gasteiger partial charge is 0.309 e. The summed E-state index contributed by atoms with van der Waals surface area (Å²) in [7, 11) is 0. The van der Waals surface area contributed by atoms with Crippen LogP contribution < -0.4 is 0 Å². The van der Waals surface area contributed by atoms with Gasteiger partial charge in [-0.2, -0.15) is 0 Å². The molecule has 4 heteroatoms. The van der Waals surface area contributed by atoms with Crippen LogP contribution in [-0.4, -0.2) is 20.6 Å². The van der Waals surface area contributed by atoms with Crippen molar-refractivity contribution in [1.29, 1.82) is 0 Å². The second-order valence-corrected chi connectivity index (χ2v) is 4.09. The Morgan fingerprint density at radius 1 is 1.60 bits per heavy atom. The Balaban J connectivity index is 2.34. The van der Waals surface area contributed by atoms with E-state index in [1.807, 2.05) is 6.92 Å². The normalized spacial score (nSPS) is 15.6. The Morgan fingerprint density at radius 2 is 2.27 bits per heavy atom. The van der Waals surface area contributed by atoms with Gasteiger partial charge in [-0.05, 0) is 26.7 Å². The number of aliphatic carboxylic acids is 1. The van der Waals surface area contributed by atoms with Crippen LogP contribution in [0, 0.1) is 6.92 Å². The van der Waals surface area contributed by atoms with Gasteiger partial charge in [-0.15, -0.1) is 0 Å². The molecule has 82 valence electrons. The molecule has 0 bridgehead atoms. The van der Waals surface area contributed by atoms with Crippen LogP contribution in [0.4, 0.5) is 0 Å². The highest BCUT2D eigenvalue weighted by atomic mass is 16.4. The molecule has 1 N–H and O–H groups in total. The molecule has 1 aliphatic rings. The minimum absolute atomic E-state index is 0.0402. The summed E-state index contributed by atoms with van der Waals surface area (Å²) in [5.74, 6) is 0.860. The molecule has 2 rings (SSSR count). The number of imidazole rings is 1. The molecule has 0 amide bonds. The van der Waals surface area contributed by atoms with Gasteiger partial charge in [-0.3, -0.25) is 4.79 Å². The van der Waals surface area contributed by atoms with Crippen molar-refractivity contribution >= 4 is 5.97 Å². The van der Waals surface area contributed by atoms with Gasteiger partial charge in [0.25, 0.3) is 0 Å². The molecule has 0 radical (unpaired) electrons. The predicted octanol–water partition coefficient (Wildman–Crippen LogP) is 1.72. The number of carbonyl (C=O) groups is 1. The van der Waals surface area contributed by atoms with E-state index >= 15 is 0 Å². The first-order chi connectivity index (χ1) is 7.13. The number of nitrogens with zero attached hydrogens (tertiary/aromatic N) is 2. The highest BCUT2D eigenvalue weighted by Crippen LogP contribution is 2.40. The summed E-state index contributed by atoms with van der Waals surface area (Å²) < 4.78 is 2.15. The molecular formula is C11H16N2O2. The van der Waals surface area contributed by atoms with Crippen molar-refractivity contribution in [3.8, 4) is 0 Å². The topological polar surface area (TPSA) is 55.1 Å². The minimum atomic E-state index is -0.804. The van der Waals surface area contributed by atoms with Crippen LogP contribution in [0.15, 0.2) is 0 Å². The van der Waals surface area contributed by atoms with Crippen LogP contribution in [0.3, 0.4) is 0 Å². The average Bonchev–Trinajstić information content (AvgIpc) is 2.94. The molecule has 1 heterocycles. The maximum Gasteiger partial charge on any atom is 0.309 e. The van der Waals surface area contributed by atoms with Crippen molar-refractivity contribution in [2.45, 2.75) is 45.6 Å². The summed E-state index contributed by atoms with van der Waals surface area (Å²) >= 11 is 0. The quantitative estimate of drug-likeness (QED) is 0.819. The summed E-state index contributed by atoms with van der Waals surface area (Å²) in [6.07, 6.45) is 2.44. The minimum Gasteiger partial charge on any atom is -0.481 e. The molecule has 1 aromatic heterocycles. The SMILES string of the molecule is CCn1c(C2CC2)nc(CC(=O)O)c1C. The molecule has 0 aliphatic heterocycles. The standard InChI is InChI=1S/C11H16N2O2/c1-3-13-7(2)9(6-10(14)15)12-11(13)8-4-5-8/h8H,3-6H2,1-2H3,(H,14,15). The summed E-state index contributed by atoms with van der Waals surface area (Å²) in [6, 6.07) is 0. The van der Waals surface area contributed by atoms with Gasteiger partial charge in [-0.25, -0.2) is 4.98 Å². The lowest BCUT2D eigenvalue weighted by atomic mass is 10.2. The van der Waals surface area contributed by atoms with E-state index in [9.17, 15) is 4.79 Å². The Labute approximate surface area is 88.9 Å². The molecule has 0 spiro atoms. The zero-order chi connectivity index (χ0) is 11.0. The molecule has 1 aliphatic carbocycles. The zero-order valence-electron chi connectivity index (χ0n) is 9.16. The second-order valence-electron chi connectivity index (χ2n) is 4.09. The number of aromatic nitrogens is 2. The number of hydrogen-bond donors (Lipinski definition) is 1. The number of hydrogen-bond acceptors (Lipinski definition) is 2. The van der Waals surface area contributed by atoms with E-state index in [-0.39, 0.29) is 6.42 Å². The van der Waals surface area contributed by atoms with E-state index < -0.39 is 5.97 Å². The van der Waals surface area contributed by atoms with Crippen LogP contribution >= 0.6 is 0 Å².